The van der Waals surface area contributed by atoms with E-state index in [2.05, 4.69) is 14.4 Å². The van der Waals surface area contributed by atoms with Gasteiger partial charge in [0.2, 0.25) is 0 Å². The average molecular weight is 434 g/mol. The van der Waals surface area contributed by atoms with Crippen molar-refractivity contribution >= 4 is 40.3 Å². The zero-order chi connectivity index (χ0) is 21.4. The third-order valence-corrected chi connectivity index (χ3v) is 5.16. The Labute approximate surface area is 177 Å². The van der Waals surface area contributed by atoms with Gasteiger partial charge in [-0.3, -0.25) is 14.4 Å². The van der Waals surface area contributed by atoms with E-state index >= 15 is 0 Å². The second kappa shape index (κ2) is 10.5. The summed E-state index contributed by atoms with van der Waals surface area (Å²) in [6, 6.07) is 9.69. The van der Waals surface area contributed by atoms with Crippen LogP contribution in [0.25, 0.3) is 0 Å². The number of rotatable bonds is 8. The van der Waals surface area contributed by atoms with Crippen LogP contribution in [0.4, 0.5) is 5.13 Å². The first-order valence-corrected chi connectivity index (χ1v) is 10.5. The Hall–Kier alpha value is -2.98. The van der Waals surface area contributed by atoms with Crippen LogP contribution in [-0.2, 0) is 16.1 Å². The molecule has 0 saturated carbocycles. The first kappa shape index (κ1) is 22.3. The summed E-state index contributed by atoms with van der Waals surface area (Å²) in [6.07, 6.45) is 4.65. The third-order valence-electron chi connectivity index (χ3n) is 3.78. The van der Waals surface area contributed by atoms with E-state index in [1.54, 1.807) is 11.2 Å². The number of thiazole rings is 1. The maximum atomic E-state index is 12.2. The summed E-state index contributed by atoms with van der Waals surface area (Å²) in [5.41, 5.74) is 13.2. The smallest absolute Gasteiger partial charge is 0.353 e. The molecule has 0 radical (unpaired) electrons. The standard InChI is InChI=1S/C19H23N5O3S2/c1-12-16(17(25)23-28-3)22-19(29-12)24(11-13-7-5-4-6-8-13)15(21)10-9-14(20)18(26)27-2/h4-10H,11,20-21H2,1-3H3,(H,23,25)/b14-9-,15-10+. The molecule has 29 heavy (non-hydrogen) atoms. The molecule has 0 atom stereocenters. The predicted octanol–water partition coefficient (Wildman–Crippen LogP) is 2.28. The van der Waals surface area contributed by atoms with E-state index in [0.29, 0.717) is 23.2 Å². The summed E-state index contributed by atoms with van der Waals surface area (Å²) >= 11 is 2.56. The Morgan fingerprint density at radius 2 is 1.97 bits per heavy atom. The summed E-state index contributed by atoms with van der Waals surface area (Å²) in [5.74, 6) is -0.606. The highest BCUT2D eigenvalue weighted by atomic mass is 32.2. The number of amides is 1. The number of benzene rings is 1. The third kappa shape index (κ3) is 6.00. The van der Waals surface area contributed by atoms with Crippen LogP contribution in [0, 0.1) is 6.92 Å². The Bertz CT molecular complexity index is 925. The van der Waals surface area contributed by atoms with Crippen molar-refractivity contribution in [3.8, 4) is 0 Å². The number of hydrogen-bond acceptors (Lipinski definition) is 9. The fraction of sp³-hybridized carbons (Fsp3) is 0.211. The molecule has 8 nitrogen and oxygen atoms in total. The van der Waals surface area contributed by atoms with Gasteiger partial charge in [-0.05, 0) is 24.6 Å². The van der Waals surface area contributed by atoms with Crippen molar-refractivity contribution in [2.75, 3.05) is 18.3 Å². The van der Waals surface area contributed by atoms with E-state index < -0.39 is 5.97 Å². The summed E-state index contributed by atoms with van der Waals surface area (Å²) in [6.45, 7) is 2.25. The Kier molecular flexibility index (Phi) is 8.10. The molecule has 0 spiro atoms. The zero-order valence-electron chi connectivity index (χ0n) is 16.3. The topological polar surface area (TPSA) is 124 Å². The fourth-order valence-electron chi connectivity index (χ4n) is 2.34. The van der Waals surface area contributed by atoms with Gasteiger partial charge in [0.25, 0.3) is 5.91 Å². The molecule has 0 fully saturated rings. The molecule has 0 saturated heterocycles. The van der Waals surface area contributed by atoms with E-state index in [-0.39, 0.29) is 11.6 Å². The summed E-state index contributed by atoms with van der Waals surface area (Å²) in [4.78, 5) is 30.7. The van der Waals surface area contributed by atoms with Gasteiger partial charge in [0.15, 0.2) is 5.13 Å². The van der Waals surface area contributed by atoms with Gasteiger partial charge >= 0.3 is 5.97 Å². The minimum absolute atomic E-state index is 0.0783. The monoisotopic (exact) mass is 433 g/mol. The van der Waals surface area contributed by atoms with E-state index in [1.807, 2.05) is 37.3 Å². The number of ether oxygens (including phenoxy) is 1. The first-order chi connectivity index (χ1) is 13.9. The highest BCUT2D eigenvalue weighted by Gasteiger charge is 2.20. The van der Waals surface area contributed by atoms with Crippen LogP contribution in [0.3, 0.4) is 0 Å². The van der Waals surface area contributed by atoms with Crippen molar-refractivity contribution in [3.05, 3.63) is 70.1 Å². The number of esters is 1. The molecular formula is C19H23N5O3S2. The Morgan fingerprint density at radius 1 is 1.28 bits per heavy atom. The lowest BCUT2D eigenvalue weighted by Crippen LogP contribution is -2.27. The van der Waals surface area contributed by atoms with Gasteiger partial charge in [0, 0.05) is 11.1 Å². The number of carbonyl (C=O) groups excluding carboxylic acids is 2. The van der Waals surface area contributed by atoms with E-state index in [9.17, 15) is 9.59 Å². The SMILES string of the molecule is COC(=O)/C(N)=C/C=C(\N)N(Cc1ccccc1)c1nc(C(=O)NSC)c(C)s1. The second-order valence-corrected chi connectivity index (χ2v) is 7.61. The number of nitrogens with one attached hydrogen (secondary N) is 1. The van der Waals surface area contributed by atoms with Gasteiger partial charge < -0.3 is 16.2 Å². The molecule has 0 aliphatic carbocycles. The van der Waals surface area contributed by atoms with Crippen molar-refractivity contribution < 1.29 is 14.3 Å². The van der Waals surface area contributed by atoms with Crippen LogP contribution in [0.1, 0.15) is 20.9 Å². The highest BCUT2D eigenvalue weighted by molar-refractivity contribution is 7.97. The van der Waals surface area contributed by atoms with Crippen molar-refractivity contribution in [2.45, 2.75) is 13.5 Å². The lowest BCUT2D eigenvalue weighted by atomic mass is 10.2. The van der Waals surface area contributed by atoms with Crippen molar-refractivity contribution in [1.82, 2.24) is 9.71 Å². The predicted molar refractivity (Wildman–Crippen MR) is 117 cm³/mol. The number of nitrogens with zero attached hydrogens (tertiary/aromatic N) is 2. The number of carbonyl (C=O) groups is 2. The summed E-state index contributed by atoms with van der Waals surface area (Å²) in [7, 11) is 1.25. The summed E-state index contributed by atoms with van der Waals surface area (Å²) < 4.78 is 7.25. The number of anilines is 1. The second-order valence-electron chi connectivity index (χ2n) is 5.81. The molecule has 1 heterocycles. The van der Waals surface area contributed by atoms with Crippen LogP contribution in [0.5, 0.6) is 0 Å². The first-order valence-electron chi connectivity index (χ1n) is 8.50. The number of aromatic nitrogens is 1. The van der Waals surface area contributed by atoms with Crippen LogP contribution in [-0.4, -0.2) is 30.2 Å². The molecule has 2 rings (SSSR count). The van der Waals surface area contributed by atoms with Gasteiger partial charge in [-0.2, -0.15) is 0 Å². The van der Waals surface area contributed by atoms with E-state index in [4.69, 9.17) is 11.5 Å². The molecule has 154 valence electrons. The normalized spacial score (nSPS) is 11.8. The molecule has 1 aromatic heterocycles. The lowest BCUT2D eigenvalue weighted by Gasteiger charge is -2.22. The van der Waals surface area contributed by atoms with Gasteiger partial charge in [-0.15, -0.1) is 11.3 Å². The van der Waals surface area contributed by atoms with Crippen LogP contribution in [0.15, 0.2) is 54.0 Å². The van der Waals surface area contributed by atoms with Crippen molar-refractivity contribution in [3.63, 3.8) is 0 Å². The zero-order valence-corrected chi connectivity index (χ0v) is 18.0. The maximum Gasteiger partial charge on any atom is 0.353 e. The van der Waals surface area contributed by atoms with Gasteiger partial charge in [0.1, 0.15) is 17.2 Å². The van der Waals surface area contributed by atoms with Gasteiger partial charge in [-0.25, -0.2) is 9.78 Å². The molecule has 2 aromatic rings. The molecule has 1 aromatic carbocycles. The maximum absolute atomic E-state index is 12.2. The summed E-state index contributed by atoms with van der Waals surface area (Å²) in [5, 5.41) is 0.552. The Morgan fingerprint density at radius 3 is 2.59 bits per heavy atom. The largest absolute Gasteiger partial charge is 0.464 e. The molecule has 0 unspecified atom stereocenters. The number of hydrogen-bond donors (Lipinski definition) is 3. The molecule has 10 heteroatoms. The van der Waals surface area contributed by atoms with E-state index in [0.717, 1.165) is 10.4 Å². The molecule has 5 N–H and O–H groups in total. The van der Waals surface area contributed by atoms with Crippen LogP contribution < -0.4 is 21.1 Å². The van der Waals surface area contributed by atoms with E-state index in [1.165, 1.54) is 42.5 Å². The fourth-order valence-corrected chi connectivity index (χ4v) is 3.54. The minimum atomic E-state index is -0.648. The minimum Gasteiger partial charge on any atom is -0.464 e. The molecule has 0 bridgehead atoms. The van der Waals surface area contributed by atoms with Crippen molar-refractivity contribution in [2.24, 2.45) is 11.5 Å². The molecular weight excluding hydrogens is 410 g/mol. The van der Waals surface area contributed by atoms with Gasteiger partial charge in [-0.1, -0.05) is 42.3 Å². The van der Waals surface area contributed by atoms with Gasteiger partial charge in [0.05, 0.1) is 13.7 Å². The van der Waals surface area contributed by atoms with Crippen LogP contribution in [0.2, 0.25) is 0 Å². The quantitative estimate of drug-likeness (QED) is 0.251. The number of allylic oxidation sites excluding steroid dienone is 2. The number of aryl methyl sites for hydroxylation is 1. The molecule has 0 aliphatic heterocycles. The molecule has 0 aliphatic rings. The van der Waals surface area contributed by atoms with Crippen molar-refractivity contribution in [1.29, 1.82) is 0 Å². The number of nitrogens with two attached hydrogens (primary N) is 2. The van der Waals surface area contributed by atoms with Crippen LogP contribution >= 0.6 is 23.3 Å². The molecule has 1 amide bonds. The Balaban J connectivity index is 2.41. The lowest BCUT2D eigenvalue weighted by molar-refractivity contribution is -0.136. The number of methoxy groups -OCH3 is 1. The highest BCUT2D eigenvalue weighted by Crippen LogP contribution is 2.29. The average Bonchev–Trinajstić information content (AvgIpc) is 3.11.